The first-order valence-corrected chi connectivity index (χ1v) is 6.06. The number of rotatable bonds is 4. The van der Waals surface area contributed by atoms with Gasteiger partial charge in [-0.1, -0.05) is 26.7 Å². The first-order valence-electron chi connectivity index (χ1n) is 6.06. The topological polar surface area (TPSA) is 46.3 Å². The molecule has 0 aromatic heterocycles. The van der Waals surface area contributed by atoms with Crippen LogP contribution in [0.2, 0.25) is 0 Å². The molecular weight excluding hydrogens is 188 g/mol. The largest absolute Gasteiger partial charge is 0.345 e. The van der Waals surface area contributed by atoms with Gasteiger partial charge < -0.3 is 10.6 Å². The van der Waals surface area contributed by atoms with E-state index in [1.165, 1.54) is 0 Å². The standard InChI is InChI=1S/C12H24N2O/c1-4-9(2)8-14(3)12(15)10-6-5-7-11(10)13/h9-11H,4-8,13H2,1-3H3. The molecule has 1 amide bonds. The van der Waals surface area contributed by atoms with Gasteiger partial charge in [-0.3, -0.25) is 4.79 Å². The Morgan fingerprint density at radius 3 is 2.67 bits per heavy atom. The third-order valence-corrected chi connectivity index (χ3v) is 3.55. The van der Waals surface area contributed by atoms with Gasteiger partial charge in [-0.25, -0.2) is 0 Å². The second kappa shape index (κ2) is 5.50. The molecule has 1 aliphatic rings. The van der Waals surface area contributed by atoms with Crippen molar-refractivity contribution in [1.82, 2.24) is 4.90 Å². The Hall–Kier alpha value is -0.570. The maximum atomic E-state index is 12.1. The summed E-state index contributed by atoms with van der Waals surface area (Å²) in [5.41, 5.74) is 5.93. The second-order valence-corrected chi connectivity index (χ2v) is 4.93. The highest BCUT2D eigenvalue weighted by Crippen LogP contribution is 2.25. The van der Waals surface area contributed by atoms with E-state index in [4.69, 9.17) is 5.73 Å². The highest BCUT2D eigenvalue weighted by Gasteiger charge is 2.32. The Balaban J connectivity index is 2.45. The Labute approximate surface area is 93.0 Å². The van der Waals surface area contributed by atoms with E-state index in [2.05, 4.69) is 13.8 Å². The normalized spacial score (nSPS) is 27.7. The Morgan fingerprint density at radius 1 is 1.53 bits per heavy atom. The molecular formula is C12H24N2O. The van der Waals surface area contributed by atoms with E-state index in [-0.39, 0.29) is 17.9 Å². The molecule has 3 heteroatoms. The molecule has 0 heterocycles. The van der Waals surface area contributed by atoms with Crippen molar-refractivity contribution >= 4 is 5.91 Å². The fourth-order valence-corrected chi connectivity index (χ4v) is 2.26. The molecule has 0 aromatic rings. The molecule has 3 unspecified atom stereocenters. The zero-order chi connectivity index (χ0) is 11.4. The molecule has 88 valence electrons. The second-order valence-electron chi connectivity index (χ2n) is 4.93. The van der Waals surface area contributed by atoms with E-state index in [1.54, 1.807) is 0 Å². The van der Waals surface area contributed by atoms with Crippen molar-refractivity contribution in [1.29, 1.82) is 0 Å². The quantitative estimate of drug-likeness (QED) is 0.769. The molecule has 1 saturated carbocycles. The summed E-state index contributed by atoms with van der Waals surface area (Å²) in [7, 11) is 1.90. The molecule has 1 rings (SSSR count). The van der Waals surface area contributed by atoms with Crippen molar-refractivity contribution in [3.05, 3.63) is 0 Å². The van der Waals surface area contributed by atoms with Crippen LogP contribution in [0.15, 0.2) is 0 Å². The van der Waals surface area contributed by atoms with Crippen molar-refractivity contribution in [3.8, 4) is 0 Å². The first kappa shape index (κ1) is 12.5. The summed E-state index contributed by atoms with van der Waals surface area (Å²) in [5.74, 6) is 0.913. The van der Waals surface area contributed by atoms with Crippen molar-refractivity contribution in [2.75, 3.05) is 13.6 Å². The molecule has 1 aliphatic carbocycles. The van der Waals surface area contributed by atoms with E-state index in [0.717, 1.165) is 32.2 Å². The van der Waals surface area contributed by atoms with E-state index >= 15 is 0 Å². The molecule has 15 heavy (non-hydrogen) atoms. The summed E-state index contributed by atoms with van der Waals surface area (Å²) < 4.78 is 0. The number of amides is 1. The molecule has 0 spiro atoms. The van der Waals surface area contributed by atoms with Crippen LogP contribution < -0.4 is 5.73 Å². The van der Waals surface area contributed by atoms with Crippen LogP contribution >= 0.6 is 0 Å². The maximum Gasteiger partial charge on any atom is 0.226 e. The summed E-state index contributed by atoms with van der Waals surface area (Å²) in [5, 5.41) is 0. The van der Waals surface area contributed by atoms with Gasteiger partial charge in [0.25, 0.3) is 0 Å². The third-order valence-electron chi connectivity index (χ3n) is 3.55. The number of carbonyl (C=O) groups is 1. The fraction of sp³-hybridized carbons (Fsp3) is 0.917. The van der Waals surface area contributed by atoms with Crippen LogP contribution in [-0.4, -0.2) is 30.4 Å². The predicted octanol–water partition coefficient (Wildman–Crippen LogP) is 1.62. The molecule has 0 bridgehead atoms. The van der Waals surface area contributed by atoms with Crippen molar-refractivity contribution in [2.24, 2.45) is 17.6 Å². The monoisotopic (exact) mass is 212 g/mol. The average Bonchev–Trinajstić information content (AvgIpc) is 2.63. The molecule has 3 nitrogen and oxygen atoms in total. The zero-order valence-corrected chi connectivity index (χ0v) is 10.2. The van der Waals surface area contributed by atoms with Gasteiger partial charge in [0, 0.05) is 19.6 Å². The average molecular weight is 212 g/mol. The lowest BCUT2D eigenvalue weighted by Gasteiger charge is -2.25. The van der Waals surface area contributed by atoms with Gasteiger partial charge in [0.2, 0.25) is 5.91 Å². The Bertz CT molecular complexity index is 218. The summed E-state index contributed by atoms with van der Waals surface area (Å²) in [6.07, 6.45) is 4.21. The fourth-order valence-electron chi connectivity index (χ4n) is 2.26. The Kier molecular flexibility index (Phi) is 4.58. The lowest BCUT2D eigenvalue weighted by Crippen LogP contribution is -2.41. The van der Waals surface area contributed by atoms with Gasteiger partial charge >= 0.3 is 0 Å². The molecule has 0 saturated heterocycles. The number of carbonyl (C=O) groups excluding carboxylic acids is 1. The van der Waals surface area contributed by atoms with Crippen LogP contribution in [0.1, 0.15) is 39.5 Å². The van der Waals surface area contributed by atoms with Crippen LogP contribution in [0.4, 0.5) is 0 Å². The minimum Gasteiger partial charge on any atom is -0.345 e. The number of nitrogens with two attached hydrogens (primary N) is 1. The van der Waals surface area contributed by atoms with Crippen LogP contribution in [0, 0.1) is 11.8 Å². The van der Waals surface area contributed by atoms with E-state index < -0.39 is 0 Å². The summed E-state index contributed by atoms with van der Waals surface area (Å²) in [4.78, 5) is 13.9. The first-order chi connectivity index (χ1) is 7.06. The summed E-state index contributed by atoms with van der Waals surface area (Å²) in [6.45, 7) is 5.20. The highest BCUT2D eigenvalue weighted by molar-refractivity contribution is 5.79. The van der Waals surface area contributed by atoms with Crippen LogP contribution in [0.3, 0.4) is 0 Å². The number of hydrogen-bond acceptors (Lipinski definition) is 2. The third kappa shape index (κ3) is 3.20. The SMILES string of the molecule is CCC(C)CN(C)C(=O)C1CCCC1N. The van der Waals surface area contributed by atoms with Gasteiger partial charge in [0.1, 0.15) is 0 Å². The van der Waals surface area contributed by atoms with E-state index in [9.17, 15) is 4.79 Å². The van der Waals surface area contributed by atoms with Crippen LogP contribution in [-0.2, 0) is 4.79 Å². The van der Waals surface area contributed by atoms with Crippen molar-refractivity contribution < 1.29 is 4.79 Å². The van der Waals surface area contributed by atoms with Gasteiger partial charge in [0.05, 0.1) is 5.92 Å². The maximum absolute atomic E-state index is 12.1. The Morgan fingerprint density at radius 2 is 2.20 bits per heavy atom. The molecule has 1 fully saturated rings. The molecule has 0 radical (unpaired) electrons. The molecule has 0 aromatic carbocycles. The van der Waals surface area contributed by atoms with Crippen LogP contribution in [0.5, 0.6) is 0 Å². The predicted molar refractivity (Wildman–Crippen MR) is 62.4 cm³/mol. The van der Waals surface area contributed by atoms with E-state index in [1.807, 2.05) is 11.9 Å². The van der Waals surface area contributed by atoms with E-state index in [0.29, 0.717) is 5.92 Å². The summed E-state index contributed by atoms with van der Waals surface area (Å²) >= 11 is 0. The lowest BCUT2D eigenvalue weighted by molar-refractivity contribution is -0.134. The lowest BCUT2D eigenvalue weighted by atomic mass is 10.0. The van der Waals surface area contributed by atoms with Gasteiger partial charge in [-0.15, -0.1) is 0 Å². The van der Waals surface area contributed by atoms with Crippen LogP contribution in [0.25, 0.3) is 0 Å². The molecule has 2 N–H and O–H groups in total. The zero-order valence-electron chi connectivity index (χ0n) is 10.2. The minimum absolute atomic E-state index is 0.0825. The minimum atomic E-state index is 0.0825. The number of hydrogen-bond donors (Lipinski definition) is 1. The molecule has 0 aliphatic heterocycles. The smallest absolute Gasteiger partial charge is 0.226 e. The van der Waals surface area contributed by atoms with Gasteiger partial charge in [0.15, 0.2) is 0 Å². The van der Waals surface area contributed by atoms with Gasteiger partial charge in [-0.05, 0) is 18.8 Å². The highest BCUT2D eigenvalue weighted by atomic mass is 16.2. The number of nitrogens with zero attached hydrogens (tertiary/aromatic N) is 1. The van der Waals surface area contributed by atoms with Crippen molar-refractivity contribution in [3.63, 3.8) is 0 Å². The van der Waals surface area contributed by atoms with Crippen molar-refractivity contribution in [2.45, 2.75) is 45.6 Å². The summed E-state index contributed by atoms with van der Waals surface area (Å²) in [6, 6.07) is 0.0943. The molecule has 3 atom stereocenters. The van der Waals surface area contributed by atoms with Gasteiger partial charge in [-0.2, -0.15) is 0 Å².